The lowest BCUT2D eigenvalue weighted by atomic mass is 10.1. The lowest BCUT2D eigenvalue weighted by molar-refractivity contribution is -0.384. The van der Waals surface area contributed by atoms with E-state index in [0.717, 1.165) is 12.1 Å². The van der Waals surface area contributed by atoms with Gasteiger partial charge in [-0.2, -0.15) is 0 Å². The fraction of sp³-hybridized carbons (Fsp3) is 0.0588. The third kappa shape index (κ3) is 4.41. The van der Waals surface area contributed by atoms with Crippen molar-refractivity contribution in [3.05, 3.63) is 75.5 Å². The van der Waals surface area contributed by atoms with Crippen molar-refractivity contribution in [1.29, 1.82) is 0 Å². The number of carbonyl (C=O) groups excluding carboxylic acids is 1. The zero-order valence-corrected chi connectivity index (χ0v) is 13.1. The first-order valence-electron chi connectivity index (χ1n) is 7.06. The van der Waals surface area contributed by atoms with E-state index >= 15 is 0 Å². The number of benzene rings is 2. The Morgan fingerprint density at radius 2 is 1.88 bits per heavy atom. The van der Waals surface area contributed by atoms with Crippen molar-refractivity contribution in [2.24, 2.45) is 0 Å². The normalized spacial score (nSPS) is 10.8. The molecule has 0 aromatic heterocycles. The molecule has 0 atom stereocenters. The van der Waals surface area contributed by atoms with Crippen LogP contribution < -0.4 is 10.1 Å². The molecule has 0 fully saturated rings. The minimum Gasteiger partial charge on any atom is -0.496 e. The highest BCUT2D eigenvalue weighted by molar-refractivity contribution is 6.02. The summed E-state index contributed by atoms with van der Waals surface area (Å²) in [5, 5.41) is 22.5. The number of carboxylic acid groups (broad SMARTS) is 1. The van der Waals surface area contributed by atoms with E-state index in [4.69, 9.17) is 4.74 Å². The highest BCUT2D eigenvalue weighted by atomic mass is 16.6. The van der Waals surface area contributed by atoms with Crippen LogP contribution in [0.1, 0.15) is 15.9 Å². The van der Waals surface area contributed by atoms with Gasteiger partial charge in [0.15, 0.2) is 0 Å². The largest absolute Gasteiger partial charge is 0.496 e. The predicted molar refractivity (Wildman–Crippen MR) is 89.2 cm³/mol. The summed E-state index contributed by atoms with van der Waals surface area (Å²) < 4.78 is 5.08. The number of amides is 1. The van der Waals surface area contributed by atoms with E-state index in [1.165, 1.54) is 31.4 Å². The van der Waals surface area contributed by atoms with E-state index in [0.29, 0.717) is 0 Å². The Kier molecular flexibility index (Phi) is 5.47. The van der Waals surface area contributed by atoms with Gasteiger partial charge in [0.1, 0.15) is 11.4 Å². The van der Waals surface area contributed by atoms with E-state index in [2.05, 4.69) is 5.32 Å². The zero-order chi connectivity index (χ0) is 18.4. The molecule has 1 amide bonds. The van der Waals surface area contributed by atoms with Crippen molar-refractivity contribution < 1.29 is 24.4 Å². The van der Waals surface area contributed by atoms with Gasteiger partial charge in [0.05, 0.1) is 12.0 Å². The molecule has 25 heavy (non-hydrogen) atoms. The van der Waals surface area contributed by atoms with Crippen molar-refractivity contribution in [2.75, 3.05) is 7.11 Å². The Morgan fingerprint density at radius 3 is 2.44 bits per heavy atom. The fourth-order valence-corrected chi connectivity index (χ4v) is 2.04. The number of nitro groups is 1. The van der Waals surface area contributed by atoms with Crippen LogP contribution in [0.2, 0.25) is 0 Å². The Labute approximate surface area is 142 Å². The molecule has 8 nitrogen and oxygen atoms in total. The molecule has 0 spiro atoms. The van der Waals surface area contributed by atoms with E-state index in [1.54, 1.807) is 18.2 Å². The van der Waals surface area contributed by atoms with Crippen LogP contribution in [-0.2, 0) is 4.79 Å². The van der Waals surface area contributed by atoms with Crippen molar-refractivity contribution in [1.82, 2.24) is 5.32 Å². The van der Waals surface area contributed by atoms with Crippen LogP contribution in [0.15, 0.2) is 54.2 Å². The first-order chi connectivity index (χ1) is 11.9. The summed E-state index contributed by atoms with van der Waals surface area (Å²) >= 11 is 0. The second kappa shape index (κ2) is 7.73. The Balaban J connectivity index is 2.40. The number of non-ortho nitro benzene ring substituents is 1. The van der Waals surface area contributed by atoms with Crippen molar-refractivity contribution >= 4 is 23.6 Å². The molecular weight excluding hydrogens is 328 g/mol. The molecule has 128 valence electrons. The molecule has 2 aromatic carbocycles. The van der Waals surface area contributed by atoms with Gasteiger partial charge in [-0.05, 0) is 24.3 Å². The summed E-state index contributed by atoms with van der Waals surface area (Å²) in [6.45, 7) is 0. The van der Waals surface area contributed by atoms with E-state index < -0.39 is 22.5 Å². The third-order valence-electron chi connectivity index (χ3n) is 3.24. The molecule has 0 saturated heterocycles. The van der Waals surface area contributed by atoms with E-state index in [9.17, 15) is 24.8 Å². The van der Waals surface area contributed by atoms with Gasteiger partial charge in [-0.3, -0.25) is 14.9 Å². The lowest BCUT2D eigenvalue weighted by Crippen LogP contribution is -2.27. The number of carbonyl (C=O) groups is 2. The second-order valence-electron chi connectivity index (χ2n) is 4.87. The minimum atomic E-state index is -1.39. The number of hydrogen-bond acceptors (Lipinski definition) is 5. The summed E-state index contributed by atoms with van der Waals surface area (Å²) in [4.78, 5) is 33.8. The van der Waals surface area contributed by atoms with Crippen LogP contribution in [0.5, 0.6) is 5.75 Å². The molecule has 0 heterocycles. The smallest absolute Gasteiger partial charge is 0.352 e. The number of rotatable bonds is 6. The summed E-state index contributed by atoms with van der Waals surface area (Å²) in [7, 11) is 1.35. The maximum absolute atomic E-state index is 12.1. The van der Waals surface area contributed by atoms with Gasteiger partial charge in [0.2, 0.25) is 0 Å². The molecule has 0 bridgehead atoms. The molecule has 2 aromatic rings. The number of carboxylic acids is 1. The van der Waals surface area contributed by atoms with Crippen LogP contribution in [-0.4, -0.2) is 29.0 Å². The minimum absolute atomic E-state index is 0.155. The SMILES string of the molecule is COc1ccc([N+](=O)[O-])cc1/C=C(/NC(=O)c1ccccc1)C(=O)O. The van der Waals surface area contributed by atoms with Gasteiger partial charge >= 0.3 is 5.97 Å². The first-order valence-corrected chi connectivity index (χ1v) is 7.06. The molecule has 0 aliphatic carbocycles. The average Bonchev–Trinajstić information content (AvgIpc) is 2.61. The number of methoxy groups -OCH3 is 1. The van der Waals surface area contributed by atoms with Gasteiger partial charge in [-0.15, -0.1) is 0 Å². The molecule has 0 aliphatic rings. The molecule has 2 rings (SSSR count). The molecule has 0 saturated carbocycles. The highest BCUT2D eigenvalue weighted by Gasteiger charge is 2.16. The standard InChI is InChI=1S/C17H14N2O6/c1-25-15-8-7-13(19(23)24)9-12(15)10-14(17(21)22)18-16(20)11-5-3-2-4-6-11/h2-10H,1H3,(H,18,20)(H,21,22)/b14-10+. The van der Waals surface area contributed by atoms with Crippen molar-refractivity contribution in [3.8, 4) is 5.75 Å². The number of ether oxygens (including phenoxy) is 1. The van der Waals surface area contributed by atoms with Crippen LogP contribution in [0.3, 0.4) is 0 Å². The number of hydrogen-bond donors (Lipinski definition) is 2. The van der Waals surface area contributed by atoms with Crippen LogP contribution in [0, 0.1) is 10.1 Å². The molecule has 0 radical (unpaired) electrons. The van der Waals surface area contributed by atoms with Crippen molar-refractivity contribution in [3.63, 3.8) is 0 Å². The lowest BCUT2D eigenvalue weighted by Gasteiger charge is -2.08. The summed E-state index contributed by atoms with van der Waals surface area (Å²) in [5.41, 5.74) is -0.234. The highest BCUT2D eigenvalue weighted by Crippen LogP contribution is 2.26. The second-order valence-corrected chi connectivity index (χ2v) is 4.87. The monoisotopic (exact) mass is 342 g/mol. The van der Waals surface area contributed by atoms with Gasteiger partial charge in [-0.1, -0.05) is 18.2 Å². The van der Waals surface area contributed by atoms with Crippen LogP contribution >= 0.6 is 0 Å². The Bertz CT molecular complexity index is 845. The maximum atomic E-state index is 12.1. The zero-order valence-electron chi connectivity index (χ0n) is 13.1. The average molecular weight is 342 g/mol. The number of nitro benzene ring substituents is 1. The van der Waals surface area contributed by atoms with Gasteiger partial charge in [0, 0.05) is 23.3 Å². The predicted octanol–water partition coefficient (Wildman–Crippen LogP) is 2.46. The van der Waals surface area contributed by atoms with Gasteiger partial charge in [0.25, 0.3) is 11.6 Å². The van der Waals surface area contributed by atoms with E-state index in [1.807, 2.05) is 0 Å². The molecule has 0 aliphatic heterocycles. The quantitative estimate of drug-likeness (QED) is 0.473. The topological polar surface area (TPSA) is 119 Å². The molecule has 2 N–H and O–H groups in total. The first kappa shape index (κ1) is 17.7. The Hall–Kier alpha value is -3.68. The van der Waals surface area contributed by atoms with E-state index in [-0.39, 0.29) is 22.6 Å². The third-order valence-corrected chi connectivity index (χ3v) is 3.24. The fourth-order valence-electron chi connectivity index (χ4n) is 2.04. The summed E-state index contributed by atoms with van der Waals surface area (Å²) in [6.07, 6.45) is 1.11. The molecule has 8 heteroatoms. The summed E-state index contributed by atoms with van der Waals surface area (Å²) in [6, 6.07) is 11.8. The number of nitrogens with one attached hydrogen (secondary N) is 1. The Morgan fingerprint density at radius 1 is 1.20 bits per heavy atom. The maximum Gasteiger partial charge on any atom is 0.352 e. The number of nitrogens with zero attached hydrogens (tertiary/aromatic N) is 1. The van der Waals surface area contributed by atoms with Crippen LogP contribution in [0.4, 0.5) is 5.69 Å². The van der Waals surface area contributed by atoms with Gasteiger partial charge in [-0.25, -0.2) is 4.79 Å². The van der Waals surface area contributed by atoms with Crippen LogP contribution in [0.25, 0.3) is 6.08 Å². The summed E-state index contributed by atoms with van der Waals surface area (Å²) in [5.74, 6) is -1.77. The molecular formula is C17H14N2O6. The van der Waals surface area contributed by atoms with Gasteiger partial charge < -0.3 is 15.2 Å². The number of aliphatic carboxylic acids is 1. The molecule has 0 unspecified atom stereocenters. The van der Waals surface area contributed by atoms with Crippen molar-refractivity contribution in [2.45, 2.75) is 0 Å².